The molecule has 3 N–H and O–H groups in total. The van der Waals surface area contributed by atoms with Crippen LogP contribution in [0.5, 0.6) is 0 Å². The van der Waals surface area contributed by atoms with Gasteiger partial charge >= 0.3 is 5.51 Å². The minimum Gasteiger partial charge on any atom is -0.381 e. The van der Waals surface area contributed by atoms with Crippen molar-refractivity contribution in [3.63, 3.8) is 0 Å². The van der Waals surface area contributed by atoms with E-state index in [9.17, 15) is 25.8 Å². The van der Waals surface area contributed by atoms with Crippen molar-refractivity contribution in [2.45, 2.75) is 30.4 Å². The number of morpholine rings is 1. The summed E-state index contributed by atoms with van der Waals surface area (Å²) in [4.78, 5) is 1.15. The molecule has 1 aromatic rings. The van der Waals surface area contributed by atoms with Crippen molar-refractivity contribution in [1.82, 2.24) is 4.90 Å². The Morgan fingerprint density at radius 1 is 1.38 bits per heavy atom. The zero-order chi connectivity index (χ0) is 21.8. The van der Waals surface area contributed by atoms with Gasteiger partial charge in [-0.25, -0.2) is 12.6 Å². The van der Waals surface area contributed by atoms with Crippen molar-refractivity contribution in [1.29, 1.82) is 0 Å². The first-order valence-electron chi connectivity index (χ1n) is 8.81. The summed E-state index contributed by atoms with van der Waals surface area (Å²) in [6.45, 7) is 6.90. The first-order valence-corrected chi connectivity index (χ1v) is 11.4. The maximum absolute atomic E-state index is 13.1. The summed E-state index contributed by atoms with van der Waals surface area (Å²) >= 11 is -2.57. The quantitative estimate of drug-likeness (QED) is 0.512. The smallest absolute Gasteiger partial charge is 0.381 e. The van der Waals surface area contributed by atoms with Crippen molar-refractivity contribution >= 4 is 32.5 Å². The van der Waals surface area contributed by atoms with Gasteiger partial charge in [0.15, 0.2) is 0 Å². The molecule has 1 saturated heterocycles. The molecule has 13 heteroatoms. The van der Waals surface area contributed by atoms with Crippen LogP contribution < -0.4 is 10.0 Å². The highest BCUT2D eigenvalue weighted by atomic mass is 32.2. The van der Waals surface area contributed by atoms with Crippen LogP contribution in [-0.2, 0) is 25.8 Å². The Balaban J connectivity index is 2.22. The molecule has 0 aromatic heterocycles. The summed E-state index contributed by atoms with van der Waals surface area (Å²) in [5.41, 5.74) is -6.02. The van der Waals surface area contributed by atoms with E-state index in [4.69, 9.17) is 9.29 Å². The van der Waals surface area contributed by atoms with Crippen LogP contribution in [0.3, 0.4) is 0 Å². The summed E-state index contributed by atoms with van der Waals surface area (Å²) in [5.74, 6) is 0.447. The van der Waals surface area contributed by atoms with Crippen LogP contribution in [0.1, 0.15) is 13.8 Å². The fourth-order valence-corrected chi connectivity index (χ4v) is 4.28. The summed E-state index contributed by atoms with van der Waals surface area (Å²) in [5, 5.41) is 2.72. The third kappa shape index (κ3) is 6.54. The van der Waals surface area contributed by atoms with Crippen molar-refractivity contribution in [2.75, 3.05) is 42.8 Å². The number of sulfone groups is 1. The van der Waals surface area contributed by atoms with Gasteiger partial charge in [0, 0.05) is 31.9 Å². The van der Waals surface area contributed by atoms with E-state index >= 15 is 0 Å². The van der Waals surface area contributed by atoms with Gasteiger partial charge in [0.05, 0.1) is 18.4 Å². The predicted molar refractivity (Wildman–Crippen MR) is 104 cm³/mol. The van der Waals surface area contributed by atoms with E-state index in [0.717, 1.165) is 19.2 Å². The van der Waals surface area contributed by atoms with E-state index in [1.807, 2.05) is 4.72 Å². The molecule has 1 aromatic carbocycles. The molecule has 0 spiro atoms. The van der Waals surface area contributed by atoms with Crippen molar-refractivity contribution < 1.29 is 35.1 Å². The van der Waals surface area contributed by atoms with E-state index in [0.29, 0.717) is 25.1 Å². The number of hydrogen-bond acceptors (Lipinski definition) is 6. The highest BCUT2D eigenvalue weighted by Crippen LogP contribution is 2.36. The fourth-order valence-electron chi connectivity index (χ4n) is 2.99. The third-order valence-electron chi connectivity index (χ3n) is 4.15. The summed E-state index contributed by atoms with van der Waals surface area (Å²) in [6.07, 6.45) is -0.327. The highest BCUT2D eigenvalue weighted by Gasteiger charge is 2.48. The normalized spacial score (nSPS) is 19.9. The van der Waals surface area contributed by atoms with Crippen molar-refractivity contribution in [2.24, 2.45) is 5.92 Å². The lowest BCUT2D eigenvalue weighted by atomic mass is 10.1. The molecule has 1 aliphatic rings. The predicted octanol–water partition coefficient (Wildman–Crippen LogP) is 2.30. The number of nitrogens with zero attached hydrogens (tertiary/aromatic N) is 1. The number of benzene rings is 1. The first-order chi connectivity index (χ1) is 13.4. The van der Waals surface area contributed by atoms with Gasteiger partial charge in [0.25, 0.3) is 21.1 Å². The van der Waals surface area contributed by atoms with E-state index < -0.39 is 31.5 Å². The summed E-state index contributed by atoms with van der Waals surface area (Å²) < 4.78 is 90.5. The maximum atomic E-state index is 13.1. The lowest BCUT2D eigenvalue weighted by Gasteiger charge is -2.34. The molecule has 1 heterocycles. The number of anilines is 2. The molecule has 1 aliphatic heterocycles. The highest BCUT2D eigenvalue weighted by molar-refractivity contribution is 7.92. The molecule has 29 heavy (non-hydrogen) atoms. The largest absolute Gasteiger partial charge is 0.501 e. The van der Waals surface area contributed by atoms with Gasteiger partial charge in [-0.15, -0.1) is 0 Å². The number of alkyl halides is 3. The van der Waals surface area contributed by atoms with Crippen LogP contribution in [0, 0.1) is 5.92 Å². The first kappa shape index (κ1) is 23.9. The summed E-state index contributed by atoms with van der Waals surface area (Å²) in [6, 6.07) is 2.99. The molecule has 2 unspecified atom stereocenters. The van der Waals surface area contributed by atoms with Crippen LogP contribution in [-0.4, -0.2) is 66.5 Å². The molecular weight excluding hydrogens is 435 g/mol. The van der Waals surface area contributed by atoms with Crippen LogP contribution in [0.25, 0.3) is 0 Å². The monoisotopic (exact) mass is 459 g/mol. The van der Waals surface area contributed by atoms with Crippen LogP contribution in [0.2, 0.25) is 0 Å². The SMILES string of the molecule is CC(C)CN1CCOC(CNc2ccc(NS(=O)O)cc2S(=O)(=O)C(F)(F)F)C1. The topological polar surface area (TPSA) is 108 Å². The van der Waals surface area contributed by atoms with Crippen LogP contribution in [0.4, 0.5) is 24.5 Å². The number of halogens is 3. The number of rotatable bonds is 8. The molecule has 166 valence electrons. The summed E-state index contributed by atoms with van der Waals surface area (Å²) in [7, 11) is -5.68. The fraction of sp³-hybridized carbons (Fsp3) is 0.625. The van der Waals surface area contributed by atoms with E-state index in [1.165, 1.54) is 6.07 Å². The van der Waals surface area contributed by atoms with Gasteiger partial charge < -0.3 is 10.1 Å². The Morgan fingerprint density at radius 3 is 2.66 bits per heavy atom. The van der Waals surface area contributed by atoms with Crippen LogP contribution >= 0.6 is 0 Å². The molecule has 0 aliphatic carbocycles. The molecule has 2 rings (SSSR count). The van der Waals surface area contributed by atoms with Gasteiger partial charge in [-0.1, -0.05) is 13.8 Å². The number of hydrogen-bond donors (Lipinski definition) is 3. The Labute approximate surface area is 170 Å². The van der Waals surface area contributed by atoms with E-state index in [2.05, 4.69) is 24.1 Å². The van der Waals surface area contributed by atoms with Crippen LogP contribution in [0.15, 0.2) is 23.1 Å². The Morgan fingerprint density at radius 2 is 2.07 bits per heavy atom. The van der Waals surface area contributed by atoms with Gasteiger partial charge in [-0.05, 0) is 24.1 Å². The van der Waals surface area contributed by atoms with E-state index in [1.54, 1.807) is 0 Å². The molecule has 0 amide bonds. The van der Waals surface area contributed by atoms with Crippen molar-refractivity contribution in [3.8, 4) is 0 Å². The minimum atomic E-state index is -5.68. The zero-order valence-electron chi connectivity index (χ0n) is 15.9. The molecular formula is C16H24F3N3O5S2. The minimum absolute atomic E-state index is 0.105. The Hall–Kier alpha value is -1.41. The van der Waals surface area contributed by atoms with Gasteiger partial charge in [-0.2, -0.15) is 13.2 Å². The average molecular weight is 460 g/mol. The van der Waals surface area contributed by atoms with Gasteiger partial charge in [-0.3, -0.25) is 14.2 Å². The second-order valence-electron chi connectivity index (χ2n) is 7.04. The Bertz CT molecular complexity index is 834. The number of nitrogens with one attached hydrogen (secondary N) is 2. The van der Waals surface area contributed by atoms with Gasteiger partial charge in [0.1, 0.15) is 4.90 Å². The average Bonchev–Trinajstić information content (AvgIpc) is 2.58. The molecule has 1 fully saturated rings. The Kier molecular flexibility index (Phi) is 7.90. The zero-order valence-corrected chi connectivity index (χ0v) is 17.5. The molecule has 0 bridgehead atoms. The second-order valence-corrected chi connectivity index (χ2v) is 9.65. The second kappa shape index (κ2) is 9.60. The molecule has 2 atom stereocenters. The molecule has 0 radical (unpaired) electrons. The number of ether oxygens (including phenoxy) is 1. The standard InChI is InChI=1S/C16H24F3N3O5S2/c1-11(2)9-22-5-6-27-13(10-22)8-20-14-4-3-12(21-28(23)24)7-15(14)29(25,26)16(17,18)19/h3-4,7,11,13,20-21H,5-6,8-10H2,1-2H3,(H,23,24). The lowest BCUT2D eigenvalue weighted by Crippen LogP contribution is -2.46. The maximum Gasteiger partial charge on any atom is 0.501 e. The van der Waals surface area contributed by atoms with E-state index in [-0.39, 0.29) is 24.0 Å². The lowest BCUT2D eigenvalue weighted by molar-refractivity contribution is -0.0435. The van der Waals surface area contributed by atoms with Crippen molar-refractivity contribution in [3.05, 3.63) is 18.2 Å². The molecule has 8 nitrogen and oxygen atoms in total. The third-order valence-corrected chi connectivity index (χ3v) is 6.08. The molecule has 0 saturated carbocycles. The van der Waals surface area contributed by atoms with Gasteiger partial charge in [0.2, 0.25) is 0 Å².